The summed E-state index contributed by atoms with van der Waals surface area (Å²) >= 11 is 0. The van der Waals surface area contributed by atoms with E-state index >= 15 is 0 Å². The Kier molecular flexibility index (Phi) is 5.50. The Balaban J connectivity index is 1.29. The maximum Gasteiger partial charge on any atom is 0.123 e. The molecule has 0 aliphatic carbocycles. The summed E-state index contributed by atoms with van der Waals surface area (Å²) in [5.41, 5.74) is 6.07. The first-order chi connectivity index (χ1) is 15.7. The van der Waals surface area contributed by atoms with E-state index < -0.39 is 0 Å². The van der Waals surface area contributed by atoms with Crippen molar-refractivity contribution in [2.24, 2.45) is 4.99 Å². The minimum Gasteiger partial charge on any atom is -0.356 e. The van der Waals surface area contributed by atoms with E-state index in [4.69, 9.17) is 0 Å². The van der Waals surface area contributed by atoms with Crippen molar-refractivity contribution >= 4 is 34.2 Å². The highest BCUT2D eigenvalue weighted by atomic mass is 19.1. The standard InChI is InChI=1S/C28H22FN3/c29-24-6-4-5-22(18-24)20-32-16-15-23-17-21(9-14-28(23)32)19-30-25-10-12-27(13-11-25)31-26-7-2-1-3-8-26/h1-19,31H,20H2. The van der Waals surface area contributed by atoms with Crippen molar-refractivity contribution in [1.82, 2.24) is 4.57 Å². The van der Waals surface area contributed by atoms with Gasteiger partial charge in [0.15, 0.2) is 0 Å². The van der Waals surface area contributed by atoms with Crippen molar-refractivity contribution in [3.8, 4) is 0 Å². The molecule has 4 aromatic carbocycles. The van der Waals surface area contributed by atoms with E-state index in [1.807, 2.05) is 73.1 Å². The Morgan fingerprint density at radius 1 is 0.781 bits per heavy atom. The van der Waals surface area contributed by atoms with Gasteiger partial charge < -0.3 is 9.88 Å². The SMILES string of the molecule is Fc1cccc(Cn2ccc3cc(C=Nc4ccc(Nc5ccccc5)cc4)ccc32)c1. The second kappa shape index (κ2) is 8.90. The fourth-order valence-electron chi connectivity index (χ4n) is 3.74. The van der Waals surface area contributed by atoms with Gasteiger partial charge in [-0.25, -0.2) is 4.39 Å². The van der Waals surface area contributed by atoms with Crippen molar-refractivity contribution in [1.29, 1.82) is 0 Å². The van der Waals surface area contributed by atoms with E-state index in [1.54, 1.807) is 12.1 Å². The van der Waals surface area contributed by atoms with Crippen LogP contribution in [0.4, 0.5) is 21.5 Å². The van der Waals surface area contributed by atoms with Gasteiger partial charge in [-0.1, -0.05) is 36.4 Å². The molecule has 0 unspecified atom stereocenters. The zero-order valence-electron chi connectivity index (χ0n) is 17.4. The number of halogens is 1. The number of para-hydroxylation sites is 1. The summed E-state index contributed by atoms with van der Waals surface area (Å²) in [5, 5.41) is 4.50. The van der Waals surface area contributed by atoms with E-state index in [9.17, 15) is 4.39 Å². The first-order valence-electron chi connectivity index (χ1n) is 10.5. The molecule has 1 aromatic heterocycles. The second-order valence-corrected chi connectivity index (χ2v) is 7.69. The molecule has 0 spiro atoms. The number of aliphatic imine (C=N–C) groups is 1. The molecule has 1 heterocycles. The maximum atomic E-state index is 13.5. The molecule has 0 radical (unpaired) electrons. The summed E-state index contributed by atoms with van der Waals surface area (Å²) in [4.78, 5) is 4.61. The first-order valence-corrected chi connectivity index (χ1v) is 10.5. The largest absolute Gasteiger partial charge is 0.356 e. The van der Waals surface area contributed by atoms with Gasteiger partial charge in [-0.2, -0.15) is 0 Å². The lowest BCUT2D eigenvalue weighted by atomic mass is 10.1. The van der Waals surface area contributed by atoms with Crippen molar-refractivity contribution in [2.75, 3.05) is 5.32 Å². The molecule has 0 fully saturated rings. The molecule has 0 saturated carbocycles. The Morgan fingerprint density at radius 3 is 2.41 bits per heavy atom. The van der Waals surface area contributed by atoms with E-state index in [-0.39, 0.29) is 5.82 Å². The van der Waals surface area contributed by atoms with Gasteiger partial charge in [0.25, 0.3) is 0 Å². The van der Waals surface area contributed by atoms with Gasteiger partial charge in [-0.15, -0.1) is 0 Å². The molecule has 4 heteroatoms. The fourth-order valence-corrected chi connectivity index (χ4v) is 3.74. The molecule has 0 aliphatic heterocycles. The Morgan fingerprint density at radius 2 is 1.59 bits per heavy atom. The van der Waals surface area contributed by atoms with Crippen LogP contribution in [-0.4, -0.2) is 10.8 Å². The molecule has 0 saturated heterocycles. The van der Waals surface area contributed by atoms with Crippen molar-refractivity contribution in [3.05, 3.63) is 126 Å². The third-order valence-electron chi connectivity index (χ3n) is 5.33. The molecule has 0 amide bonds. The normalized spacial score (nSPS) is 11.3. The van der Waals surface area contributed by atoms with Crippen molar-refractivity contribution in [2.45, 2.75) is 6.54 Å². The minimum atomic E-state index is -0.207. The predicted molar refractivity (Wildman–Crippen MR) is 131 cm³/mol. The number of fused-ring (bicyclic) bond motifs is 1. The lowest BCUT2D eigenvalue weighted by Gasteiger charge is -2.06. The van der Waals surface area contributed by atoms with Crippen molar-refractivity contribution in [3.63, 3.8) is 0 Å². The molecule has 5 aromatic rings. The Labute approximate surface area is 186 Å². The molecule has 32 heavy (non-hydrogen) atoms. The zero-order chi connectivity index (χ0) is 21.8. The van der Waals surface area contributed by atoms with Gasteiger partial charge in [0, 0.05) is 41.2 Å². The molecule has 1 N–H and O–H groups in total. The lowest BCUT2D eigenvalue weighted by Crippen LogP contribution is -1.98. The number of benzene rings is 4. The van der Waals surface area contributed by atoms with Crippen LogP contribution in [-0.2, 0) is 6.54 Å². The lowest BCUT2D eigenvalue weighted by molar-refractivity contribution is 0.624. The summed E-state index contributed by atoms with van der Waals surface area (Å²) in [5.74, 6) is -0.207. The molecule has 5 rings (SSSR count). The van der Waals surface area contributed by atoms with Gasteiger partial charge in [0.1, 0.15) is 5.82 Å². The number of aromatic nitrogens is 1. The predicted octanol–water partition coefficient (Wildman–Crippen LogP) is 7.32. The number of hydrogen-bond acceptors (Lipinski definition) is 2. The second-order valence-electron chi connectivity index (χ2n) is 7.69. The molecule has 3 nitrogen and oxygen atoms in total. The van der Waals surface area contributed by atoms with E-state index in [1.165, 1.54) is 6.07 Å². The third kappa shape index (κ3) is 4.60. The highest BCUT2D eigenvalue weighted by Crippen LogP contribution is 2.22. The average molecular weight is 420 g/mol. The number of rotatable bonds is 6. The molecule has 156 valence electrons. The van der Waals surface area contributed by atoms with Crippen LogP contribution >= 0.6 is 0 Å². The molecule has 0 atom stereocenters. The van der Waals surface area contributed by atoms with Crippen LogP contribution in [0.25, 0.3) is 10.9 Å². The van der Waals surface area contributed by atoms with Crippen LogP contribution in [0, 0.1) is 5.82 Å². The van der Waals surface area contributed by atoms with E-state index in [0.717, 1.165) is 39.1 Å². The van der Waals surface area contributed by atoms with Gasteiger partial charge in [0.05, 0.1) is 5.69 Å². The average Bonchev–Trinajstić information content (AvgIpc) is 3.21. The molecular formula is C28H22FN3. The van der Waals surface area contributed by atoms with E-state index in [2.05, 4.69) is 39.1 Å². The zero-order valence-corrected chi connectivity index (χ0v) is 17.4. The summed E-state index contributed by atoms with van der Waals surface area (Å²) in [6, 6.07) is 33.2. The summed E-state index contributed by atoms with van der Waals surface area (Å²) in [7, 11) is 0. The van der Waals surface area contributed by atoms with Gasteiger partial charge in [-0.05, 0) is 77.9 Å². The van der Waals surface area contributed by atoms with Crippen LogP contribution < -0.4 is 5.32 Å². The van der Waals surface area contributed by atoms with Crippen LogP contribution in [0.2, 0.25) is 0 Å². The minimum absolute atomic E-state index is 0.207. The number of hydrogen-bond donors (Lipinski definition) is 1. The monoisotopic (exact) mass is 419 g/mol. The van der Waals surface area contributed by atoms with Crippen LogP contribution in [0.1, 0.15) is 11.1 Å². The molecular weight excluding hydrogens is 397 g/mol. The maximum absolute atomic E-state index is 13.5. The first kappa shape index (κ1) is 19.8. The molecule has 0 aliphatic rings. The van der Waals surface area contributed by atoms with Gasteiger partial charge in [-0.3, -0.25) is 4.99 Å². The Bertz CT molecular complexity index is 1370. The van der Waals surface area contributed by atoms with Crippen molar-refractivity contribution < 1.29 is 4.39 Å². The number of nitrogens with zero attached hydrogens (tertiary/aromatic N) is 2. The van der Waals surface area contributed by atoms with Gasteiger partial charge in [0.2, 0.25) is 0 Å². The summed E-state index contributed by atoms with van der Waals surface area (Å²) in [6.45, 7) is 0.637. The topological polar surface area (TPSA) is 29.3 Å². The van der Waals surface area contributed by atoms with Crippen LogP contribution in [0.3, 0.4) is 0 Å². The fraction of sp³-hybridized carbons (Fsp3) is 0.0357. The van der Waals surface area contributed by atoms with E-state index in [0.29, 0.717) is 6.54 Å². The number of anilines is 2. The molecule has 0 bridgehead atoms. The highest BCUT2D eigenvalue weighted by Gasteiger charge is 2.04. The highest BCUT2D eigenvalue weighted by molar-refractivity contribution is 5.90. The number of nitrogens with one attached hydrogen (secondary N) is 1. The summed E-state index contributed by atoms with van der Waals surface area (Å²) < 4.78 is 15.6. The quantitative estimate of drug-likeness (QED) is 0.287. The Hall–Kier alpha value is -4.18. The smallest absolute Gasteiger partial charge is 0.123 e. The van der Waals surface area contributed by atoms with Gasteiger partial charge >= 0.3 is 0 Å². The van der Waals surface area contributed by atoms with Crippen LogP contribution in [0.5, 0.6) is 0 Å². The third-order valence-corrected chi connectivity index (χ3v) is 5.33. The van der Waals surface area contributed by atoms with Crippen LogP contribution in [0.15, 0.2) is 114 Å². The summed E-state index contributed by atoms with van der Waals surface area (Å²) in [6.07, 6.45) is 3.91.